The molecule has 0 saturated heterocycles. The average molecular weight is 364 g/mol. The zero-order chi connectivity index (χ0) is 19.6. The van der Waals surface area contributed by atoms with Crippen LogP contribution in [0.2, 0.25) is 0 Å². The van der Waals surface area contributed by atoms with Crippen molar-refractivity contribution in [1.29, 1.82) is 0 Å². The van der Waals surface area contributed by atoms with E-state index in [-0.39, 0.29) is 5.97 Å². The molecule has 0 atom stereocenters. The van der Waals surface area contributed by atoms with Crippen LogP contribution in [0.5, 0.6) is 0 Å². The van der Waals surface area contributed by atoms with E-state index in [9.17, 15) is 9.59 Å². The number of para-hydroxylation sites is 2. The summed E-state index contributed by atoms with van der Waals surface area (Å²) in [5, 5.41) is 10.9. The number of carbonyl (C=O) groups excluding carboxylic acids is 1. The Kier molecular flexibility index (Phi) is 4.98. The van der Waals surface area contributed by atoms with Gasteiger partial charge in [0.25, 0.3) is 0 Å². The number of hydrogen-bond donors (Lipinski definition) is 1. The van der Waals surface area contributed by atoms with Crippen LogP contribution in [0.4, 0.5) is 0 Å². The number of aromatic carboxylic acids is 1. The Morgan fingerprint density at radius 3 is 1.70 bits per heavy atom. The molecule has 4 rings (SSSR count). The van der Waals surface area contributed by atoms with Gasteiger partial charge in [-0.2, -0.15) is 0 Å². The van der Waals surface area contributed by atoms with Gasteiger partial charge in [-0.05, 0) is 24.3 Å². The number of aryl methyl sites for hydroxylation is 2. The number of carbonyl (C=O) groups is 2. The molecule has 0 fully saturated rings. The van der Waals surface area contributed by atoms with Gasteiger partial charge in [-0.25, -0.2) is 9.59 Å². The molecule has 0 aliphatic heterocycles. The number of methoxy groups -OCH3 is 1. The Labute approximate surface area is 156 Å². The molecule has 6 heteroatoms. The second-order valence-electron chi connectivity index (χ2n) is 6.09. The van der Waals surface area contributed by atoms with Crippen LogP contribution < -0.4 is 0 Å². The van der Waals surface area contributed by atoms with E-state index in [0.29, 0.717) is 11.4 Å². The standard InChI is InChI=1S/C11H11NO2.C10H9NO2/c1-12-9-6-4-3-5-8(9)7-10(12)11(13)14-2;1-11-8-5-3-2-4-7(8)6-9(11)10(12)13/h3-7H,1-2H3;2-6H,1H3,(H,12,13). The van der Waals surface area contributed by atoms with Gasteiger partial charge in [-0.15, -0.1) is 0 Å². The number of rotatable bonds is 2. The normalized spacial score (nSPS) is 10.5. The highest BCUT2D eigenvalue weighted by Crippen LogP contribution is 2.19. The third-order valence-corrected chi connectivity index (χ3v) is 4.52. The van der Waals surface area contributed by atoms with Crippen molar-refractivity contribution in [2.45, 2.75) is 0 Å². The number of carboxylic acid groups (broad SMARTS) is 1. The third kappa shape index (κ3) is 3.42. The largest absolute Gasteiger partial charge is 0.477 e. The number of ether oxygens (including phenoxy) is 1. The van der Waals surface area contributed by atoms with Gasteiger partial charge in [0.15, 0.2) is 0 Å². The van der Waals surface area contributed by atoms with E-state index < -0.39 is 5.97 Å². The highest BCUT2D eigenvalue weighted by atomic mass is 16.5. The predicted molar refractivity (Wildman–Crippen MR) is 104 cm³/mol. The first-order valence-corrected chi connectivity index (χ1v) is 8.34. The minimum absolute atomic E-state index is 0.302. The van der Waals surface area contributed by atoms with Crippen molar-refractivity contribution in [3.05, 3.63) is 72.1 Å². The molecule has 0 amide bonds. The Morgan fingerprint density at radius 2 is 1.26 bits per heavy atom. The fourth-order valence-electron chi connectivity index (χ4n) is 3.08. The van der Waals surface area contributed by atoms with Crippen molar-refractivity contribution >= 4 is 33.7 Å². The van der Waals surface area contributed by atoms with E-state index in [1.807, 2.05) is 66.2 Å². The van der Waals surface area contributed by atoms with E-state index in [2.05, 4.69) is 4.74 Å². The molecule has 0 spiro atoms. The third-order valence-electron chi connectivity index (χ3n) is 4.52. The first kappa shape index (κ1) is 18.3. The number of aromatic nitrogens is 2. The molecule has 6 nitrogen and oxygen atoms in total. The zero-order valence-corrected chi connectivity index (χ0v) is 15.3. The van der Waals surface area contributed by atoms with Crippen molar-refractivity contribution in [2.75, 3.05) is 7.11 Å². The molecule has 0 unspecified atom stereocenters. The van der Waals surface area contributed by atoms with E-state index in [4.69, 9.17) is 5.11 Å². The molecule has 2 heterocycles. The minimum atomic E-state index is -0.890. The van der Waals surface area contributed by atoms with Crippen LogP contribution in [0.3, 0.4) is 0 Å². The second-order valence-corrected chi connectivity index (χ2v) is 6.09. The Bertz CT molecular complexity index is 1140. The van der Waals surface area contributed by atoms with E-state index in [1.165, 1.54) is 7.11 Å². The number of fused-ring (bicyclic) bond motifs is 2. The van der Waals surface area contributed by atoms with Gasteiger partial charge in [0.2, 0.25) is 0 Å². The van der Waals surface area contributed by atoms with Crippen molar-refractivity contribution in [1.82, 2.24) is 9.13 Å². The topological polar surface area (TPSA) is 73.5 Å². The molecule has 2 aromatic carbocycles. The smallest absolute Gasteiger partial charge is 0.354 e. The fraction of sp³-hybridized carbons (Fsp3) is 0.143. The first-order valence-electron chi connectivity index (χ1n) is 8.34. The predicted octanol–water partition coefficient (Wildman–Crippen LogP) is 3.84. The van der Waals surface area contributed by atoms with Crippen LogP contribution in [0.15, 0.2) is 60.7 Å². The molecule has 0 aliphatic carbocycles. The number of carboxylic acids is 1. The Morgan fingerprint density at radius 1 is 0.815 bits per heavy atom. The minimum Gasteiger partial charge on any atom is -0.477 e. The van der Waals surface area contributed by atoms with Crippen LogP contribution in [-0.4, -0.2) is 33.3 Å². The molecule has 0 aliphatic rings. The first-order chi connectivity index (χ1) is 12.9. The molecular formula is C21H20N2O4. The highest BCUT2D eigenvalue weighted by Gasteiger charge is 2.12. The van der Waals surface area contributed by atoms with Gasteiger partial charge in [-0.1, -0.05) is 36.4 Å². The lowest BCUT2D eigenvalue weighted by Gasteiger charge is -2.00. The number of hydrogen-bond acceptors (Lipinski definition) is 3. The van der Waals surface area contributed by atoms with Gasteiger partial charge in [0, 0.05) is 35.9 Å². The van der Waals surface area contributed by atoms with Gasteiger partial charge in [-0.3, -0.25) is 0 Å². The van der Waals surface area contributed by atoms with Crippen LogP contribution >= 0.6 is 0 Å². The lowest BCUT2D eigenvalue weighted by atomic mass is 10.2. The average Bonchev–Trinajstić information content (AvgIpc) is 3.20. The van der Waals surface area contributed by atoms with Crippen LogP contribution in [-0.2, 0) is 18.8 Å². The lowest BCUT2D eigenvalue weighted by Crippen LogP contribution is -2.06. The quantitative estimate of drug-likeness (QED) is 0.549. The van der Waals surface area contributed by atoms with Crippen molar-refractivity contribution in [3.63, 3.8) is 0 Å². The lowest BCUT2D eigenvalue weighted by molar-refractivity contribution is 0.0589. The van der Waals surface area contributed by atoms with Gasteiger partial charge in [0.1, 0.15) is 11.4 Å². The molecule has 138 valence electrons. The molecule has 27 heavy (non-hydrogen) atoms. The number of nitrogens with zero attached hydrogens (tertiary/aromatic N) is 2. The molecule has 0 bridgehead atoms. The van der Waals surface area contributed by atoms with Crippen LogP contribution in [0.1, 0.15) is 21.0 Å². The van der Waals surface area contributed by atoms with Crippen molar-refractivity contribution < 1.29 is 19.4 Å². The monoisotopic (exact) mass is 364 g/mol. The summed E-state index contributed by atoms with van der Waals surface area (Å²) in [5.74, 6) is -1.19. The summed E-state index contributed by atoms with van der Waals surface area (Å²) in [6.45, 7) is 0. The summed E-state index contributed by atoms with van der Waals surface area (Å²) >= 11 is 0. The van der Waals surface area contributed by atoms with Crippen LogP contribution in [0, 0.1) is 0 Å². The summed E-state index contributed by atoms with van der Waals surface area (Å²) in [7, 11) is 5.00. The van der Waals surface area contributed by atoms with Crippen molar-refractivity contribution in [2.24, 2.45) is 14.1 Å². The van der Waals surface area contributed by atoms with E-state index in [1.54, 1.807) is 17.7 Å². The maximum Gasteiger partial charge on any atom is 0.354 e. The Balaban J connectivity index is 0.000000156. The Hall–Kier alpha value is -3.54. The summed E-state index contributed by atoms with van der Waals surface area (Å²) < 4.78 is 8.20. The molecule has 0 radical (unpaired) electrons. The zero-order valence-electron chi connectivity index (χ0n) is 15.3. The second kappa shape index (κ2) is 7.37. The van der Waals surface area contributed by atoms with E-state index in [0.717, 1.165) is 21.8 Å². The van der Waals surface area contributed by atoms with Gasteiger partial charge >= 0.3 is 11.9 Å². The summed E-state index contributed by atoms with van der Waals surface area (Å²) in [4.78, 5) is 22.1. The molecule has 0 saturated carbocycles. The van der Waals surface area contributed by atoms with Crippen molar-refractivity contribution in [3.8, 4) is 0 Å². The highest BCUT2D eigenvalue weighted by molar-refractivity contribution is 5.95. The molecule has 2 aromatic heterocycles. The summed E-state index contributed by atoms with van der Waals surface area (Å²) in [6, 6.07) is 19.0. The number of esters is 1. The summed E-state index contributed by atoms with van der Waals surface area (Å²) in [5.41, 5.74) is 2.88. The fourth-order valence-corrected chi connectivity index (χ4v) is 3.08. The van der Waals surface area contributed by atoms with Gasteiger partial charge < -0.3 is 19.0 Å². The molecular weight excluding hydrogens is 344 g/mol. The molecule has 4 aromatic rings. The van der Waals surface area contributed by atoms with E-state index >= 15 is 0 Å². The van der Waals surface area contributed by atoms with Gasteiger partial charge in [0.05, 0.1) is 7.11 Å². The number of benzene rings is 2. The SMILES string of the molecule is COC(=O)c1cc2ccccc2n1C.Cn1c(C(=O)O)cc2ccccc21. The molecule has 1 N–H and O–H groups in total. The maximum atomic E-state index is 11.4. The maximum absolute atomic E-state index is 11.4. The van der Waals surface area contributed by atoms with Crippen LogP contribution in [0.25, 0.3) is 21.8 Å². The summed E-state index contributed by atoms with van der Waals surface area (Å²) in [6.07, 6.45) is 0.